The summed E-state index contributed by atoms with van der Waals surface area (Å²) in [4.78, 5) is 26.8. The summed E-state index contributed by atoms with van der Waals surface area (Å²) in [5.74, 6) is -2.31. The molecule has 1 aromatic carbocycles. The lowest BCUT2D eigenvalue weighted by Gasteiger charge is -2.13. The van der Waals surface area contributed by atoms with Gasteiger partial charge in [-0.15, -0.1) is 0 Å². The average Bonchev–Trinajstić information content (AvgIpc) is 2.37. The third-order valence-corrected chi connectivity index (χ3v) is 3.02. The minimum atomic E-state index is -1.16. The SMILES string of the molecule is Cc1cncc(-c2c(C(=O)O)ccc(C)c2C(=O)O)c1. The van der Waals surface area contributed by atoms with Gasteiger partial charge in [0.05, 0.1) is 11.1 Å². The largest absolute Gasteiger partial charge is 0.478 e. The summed E-state index contributed by atoms with van der Waals surface area (Å²) < 4.78 is 0. The van der Waals surface area contributed by atoms with Crippen molar-refractivity contribution in [2.24, 2.45) is 0 Å². The molecule has 0 bridgehead atoms. The van der Waals surface area contributed by atoms with E-state index < -0.39 is 11.9 Å². The monoisotopic (exact) mass is 271 g/mol. The van der Waals surface area contributed by atoms with Gasteiger partial charge in [-0.1, -0.05) is 6.07 Å². The molecule has 2 aromatic rings. The molecule has 1 heterocycles. The molecule has 0 saturated heterocycles. The van der Waals surface area contributed by atoms with Crippen LogP contribution >= 0.6 is 0 Å². The minimum Gasteiger partial charge on any atom is -0.478 e. The summed E-state index contributed by atoms with van der Waals surface area (Å²) in [6, 6.07) is 4.64. The molecule has 0 amide bonds. The fraction of sp³-hybridized carbons (Fsp3) is 0.133. The van der Waals surface area contributed by atoms with E-state index in [-0.39, 0.29) is 16.7 Å². The highest BCUT2D eigenvalue weighted by molar-refractivity contribution is 6.05. The Balaban J connectivity index is 2.87. The number of benzene rings is 1. The second-order valence-electron chi connectivity index (χ2n) is 4.54. The van der Waals surface area contributed by atoms with Crippen molar-refractivity contribution in [1.82, 2.24) is 4.98 Å². The lowest BCUT2D eigenvalue weighted by Crippen LogP contribution is -2.09. The molecule has 2 N–H and O–H groups in total. The Morgan fingerprint density at radius 3 is 2.30 bits per heavy atom. The van der Waals surface area contributed by atoms with Crippen LogP contribution in [0.4, 0.5) is 0 Å². The van der Waals surface area contributed by atoms with Gasteiger partial charge in [-0.25, -0.2) is 9.59 Å². The average molecular weight is 271 g/mol. The molecule has 0 atom stereocenters. The van der Waals surface area contributed by atoms with E-state index in [0.717, 1.165) is 5.56 Å². The summed E-state index contributed by atoms with van der Waals surface area (Å²) in [6.45, 7) is 3.45. The summed E-state index contributed by atoms with van der Waals surface area (Å²) >= 11 is 0. The molecule has 5 heteroatoms. The Labute approximate surface area is 115 Å². The van der Waals surface area contributed by atoms with Gasteiger partial charge in [-0.05, 0) is 37.1 Å². The minimum absolute atomic E-state index is 0.00250. The van der Waals surface area contributed by atoms with Crippen LogP contribution in [0.3, 0.4) is 0 Å². The van der Waals surface area contributed by atoms with Gasteiger partial charge >= 0.3 is 11.9 Å². The molecule has 0 aliphatic rings. The first kappa shape index (κ1) is 13.7. The number of rotatable bonds is 3. The predicted octanol–water partition coefficient (Wildman–Crippen LogP) is 2.76. The van der Waals surface area contributed by atoms with Crippen molar-refractivity contribution in [2.75, 3.05) is 0 Å². The Kier molecular flexibility index (Phi) is 3.52. The van der Waals surface area contributed by atoms with Crippen LogP contribution in [0.2, 0.25) is 0 Å². The molecule has 20 heavy (non-hydrogen) atoms. The quantitative estimate of drug-likeness (QED) is 0.896. The molecule has 0 aliphatic carbocycles. The Bertz CT molecular complexity index is 707. The van der Waals surface area contributed by atoms with Gasteiger partial charge in [0, 0.05) is 23.5 Å². The van der Waals surface area contributed by atoms with Crippen LogP contribution < -0.4 is 0 Å². The van der Waals surface area contributed by atoms with E-state index in [9.17, 15) is 19.8 Å². The molecule has 0 unspecified atom stereocenters. The summed E-state index contributed by atoms with van der Waals surface area (Å²) in [6.07, 6.45) is 3.10. The van der Waals surface area contributed by atoms with E-state index >= 15 is 0 Å². The third kappa shape index (κ3) is 2.38. The third-order valence-electron chi connectivity index (χ3n) is 3.02. The van der Waals surface area contributed by atoms with E-state index in [1.807, 2.05) is 6.92 Å². The van der Waals surface area contributed by atoms with Crippen molar-refractivity contribution < 1.29 is 19.8 Å². The number of aromatic carboxylic acids is 2. The Morgan fingerprint density at radius 2 is 1.75 bits per heavy atom. The maximum atomic E-state index is 11.5. The van der Waals surface area contributed by atoms with Crippen molar-refractivity contribution in [3.8, 4) is 11.1 Å². The highest BCUT2D eigenvalue weighted by Crippen LogP contribution is 2.30. The van der Waals surface area contributed by atoms with Crippen LogP contribution in [0.15, 0.2) is 30.6 Å². The summed E-state index contributed by atoms with van der Waals surface area (Å²) in [5, 5.41) is 18.7. The number of pyridine rings is 1. The Hall–Kier alpha value is -2.69. The molecular weight excluding hydrogens is 258 g/mol. The Morgan fingerprint density at radius 1 is 1.05 bits per heavy atom. The van der Waals surface area contributed by atoms with E-state index in [4.69, 9.17) is 0 Å². The first-order valence-corrected chi connectivity index (χ1v) is 5.94. The number of hydrogen-bond donors (Lipinski definition) is 2. The zero-order valence-corrected chi connectivity index (χ0v) is 11.0. The van der Waals surface area contributed by atoms with E-state index in [0.29, 0.717) is 11.1 Å². The van der Waals surface area contributed by atoms with Crippen molar-refractivity contribution in [3.63, 3.8) is 0 Å². The molecule has 2 rings (SSSR count). The highest BCUT2D eigenvalue weighted by Gasteiger charge is 2.22. The van der Waals surface area contributed by atoms with Crippen LogP contribution in [0.5, 0.6) is 0 Å². The van der Waals surface area contributed by atoms with Gasteiger partial charge in [0.1, 0.15) is 0 Å². The second kappa shape index (κ2) is 5.13. The molecule has 0 aliphatic heterocycles. The molecule has 5 nitrogen and oxygen atoms in total. The van der Waals surface area contributed by atoms with Gasteiger partial charge in [0.2, 0.25) is 0 Å². The molecule has 0 saturated carbocycles. The molecular formula is C15H13NO4. The zero-order valence-electron chi connectivity index (χ0n) is 11.0. The number of aryl methyl sites for hydroxylation is 2. The van der Waals surface area contributed by atoms with Gasteiger partial charge < -0.3 is 10.2 Å². The fourth-order valence-corrected chi connectivity index (χ4v) is 2.15. The number of carboxylic acids is 2. The van der Waals surface area contributed by atoms with Crippen LogP contribution in [0.25, 0.3) is 11.1 Å². The first-order valence-electron chi connectivity index (χ1n) is 5.94. The van der Waals surface area contributed by atoms with Crippen molar-refractivity contribution in [2.45, 2.75) is 13.8 Å². The van der Waals surface area contributed by atoms with Crippen molar-refractivity contribution >= 4 is 11.9 Å². The van der Waals surface area contributed by atoms with Crippen LogP contribution in [-0.4, -0.2) is 27.1 Å². The molecule has 0 radical (unpaired) electrons. The standard InChI is InChI=1S/C15H13NO4/c1-8-5-10(7-16-6-8)13-11(14(17)18)4-3-9(2)12(13)15(19)20/h3-7H,1-2H3,(H,17,18)(H,19,20). The topological polar surface area (TPSA) is 87.5 Å². The first-order chi connectivity index (χ1) is 9.41. The molecule has 102 valence electrons. The van der Waals surface area contributed by atoms with Gasteiger partial charge in [0.15, 0.2) is 0 Å². The van der Waals surface area contributed by atoms with Gasteiger partial charge in [-0.2, -0.15) is 0 Å². The molecule has 1 aromatic heterocycles. The summed E-state index contributed by atoms with van der Waals surface area (Å²) in [5.41, 5.74) is 1.98. The lowest BCUT2D eigenvalue weighted by molar-refractivity contribution is 0.0695. The smallest absolute Gasteiger partial charge is 0.336 e. The zero-order chi connectivity index (χ0) is 14.9. The number of nitrogens with zero attached hydrogens (tertiary/aromatic N) is 1. The number of aromatic nitrogens is 1. The van der Waals surface area contributed by atoms with Crippen LogP contribution in [0, 0.1) is 13.8 Å². The normalized spacial score (nSPS) is 10.3. The number of carbonyl (C=O) groups is 2. The maximum absolute atomic E-state index is 11.5. The maximum Gasteiger partial charge on any atom is 0.336 e. The van der Waals surface area contributed by atoms with Crippen LogP contribution in [-0.2, 0) is 0 Å². The lowest BCUT2D eigenvalue weighted by atomic mass is 9.91. The van der Waals surface area contributed by atoms with Gasteiger partial charge in [0.25, 0.3) is 0 Å². The highest BCUT2D eigenvalue weighted by atomic mass is 16.4. The number of carboxylic acid groups (broad SMARTS) is 2. The van der Waals surface area contributed by atoms with Crippen molar-refractivity contribution in [1.29, 1.82) is 0 Å². The van der Waals surface area contributed by atoms with E-state index in [1.54, 1.807) is 19.2 Å². The fourth-order valence-electron chi connectivity index (χ4n) is 2.15. The second-order valence-corrected chi connectivity index (χ2v) is 4.54. The summed E-state index contributed by atoms with van der Waals surface area (Å²) in [7, 11) is 0. The predicted molar refractivity (Wildman–Crippen MR) is 73.1 cm³/mol. The van der Waals surface area contributed by atoms with Crippen molar-refractivity contribution in [3.05, 3.63) is 52.8 Å². The van der Waals surface area contributed by atoms with E-state index in [2.05, 4.69) is 4.98 Å². The van der Waals surface area contributed by atoms with Crippen LogP contribution in [0.1, 0.15) is 31.8 Å². The molecule has 0 fully saturated rings. The van der Waals surface area contributed by atoms with E-state index in [1.165, 1.54) is 18.3 Å². The van der Waals surface area contributed by atoms with Gasteiger partial charge in [-0.3, -0.25) is 4.98 Å². The number of hydrogen-bond acceptors (Lipinski definition) is 3. The molecule has 0 spiro atoms.